The molecule has 0 unspecified atom stereocenters. The number of hydrazine groups is 1. The number of rotatable bonds is 5. The number of benzene rings is 1. The predicted molar refractivity (Wildman–Crippen MR) is 109 cm³/mol. The maximum absolute atomic E-state index is 12.1. The number of nitrogens with zero attached hydrogens (tertiary/aromatic N) is 2. The molecule has 3 rings (SSSR count). The Morgan fingerprint density at radius 1 is 1.11 bits per heavy atom. The molecule has 0 saturated carbocycles. The Balaban J connectivity index is 1.56. The zero-order chi connectivity index (χ0) is 19.4. The van der Waals surface area contributed by atoms with Gasteiger partial charge in [0.15, 0.2) is 0 Å². The number of carbonyl (C=O) groups is 2. The lowest BCUT2D eigenvalue weighted by atomic mass is 10.1. The van der Waals surface area contributed by atoms with E-state index in [9.17, 15) is 9.59 Å². The molecule has 0 aliphatic rings. The summed E-state index contributed by atoms with van der Waals surface area (Å²) in [6, 6.07) is 7.29. The van der Waals surface area contributed by atoms with Crippen LogP contribution in [0.4, 0.5) is 0 Å². The molecule has 0 spiro atoms. The monoisotopic (exact) mass is 400 g/mol. The van der Waals surface area contributed by atoms with Crippen molar-refractivity contribution < 1.29 is 9.59 Å². The largest absolute Gasteiger partial charge is 0.272 e. The average Bonchev–Trinajstić information content (AvgIpc) is 2.99. The molecule has 2 heterocycles. The number of thiophene rings is 1. The molecule has 3 aromatic rings. The van der Waals surface area contributed by atoms with Gasteiger partial charge in [-0.1, -0.05) is 30.8 Å². The topological polar surface area (TPSA) is 84.0 Å². The normalized spacial score (nSPS) is 10.8. The zero-order valence-electron chi connectivity index (χ0n) is 15.3. The van der Waals surface area contributed by atoms with Gasteiger partial charge in [0.05, 0.1) is 5.75 Å². The van der Waals surface area contributed by atoms with Crippen LogP contribution in [0, 0.1) is 13.8 Å². The summed E-state index contributed by atoms with van der Waals surface area (Å²) >= 11 is 2.95. The molecule has 0 aliphatic heterocycles. The van der Waals surface area contributed by atoms with Gasteiger partial charge in [-0.3, -0.25) is 20.4 Å². The number of hydrogen-bond acceptors (Lipinski definition) is 6. The number of thioether (sulfide) groups is 1. The van der Waals surface area contributed by atoms with E-state index in [1.807, 2.05) is 26.0 Å². The van der Waals surface area contributed by atoms with E-state index in [1.54, 1.807) is 23.5 Å². The summed E-state index contributed by atoms with van der Waals surface area (Å²) in [6.45, 7) is 6.13. The first-order chi connectivity index (χ1) is 13.0. The molecule has 8 heteroatoms. The van der Waals surface area contributed by atoms with Gasteiger partial charge in [0.25, 0.3) is 5.91 Å². The number of aryl methyl sites for hydroxylation is 3. The van der Waals surface area contributed by atoms with E-state index in [4.69, 9.17) is 0 Å². The third-order valence-electron chi connectivity index (χ3n) is 4.21. The maximum Gasteiger partial charge on any atom is 0.269 e. The highest BCUT2D eigenvalue weighted by atomic mass is 32.2. The van der Waals surface area contributed by atoms with Crippen molar-refractivity contribution in [3.05, 3.63) is 52.2 Å². The number of hydrogen-bond donors (Lipinski definition) is 2. The minimum atomic E-state index is -0.343. The minimum Gasteiger partial charge on any atom is -0.272 e. The van der Waals surface area contributed by atoms with Crippen LogP contribution in [-0.2, 0) is 11.2 Å². The van der Waals surface area contributed by atoms with Crippen LogP contribution in [0.15, 0.2) is 35.6 Å². The summed E-state index contributed by atoms with van der Waals surface area (Å²) in [6.07, 6.45) is 2.43. The smallest absolute Gasteiger partial charge is 0.269 e. The summed E-state index contributed by atoms with van der Waals surface area (Å²) in [5.41, 5.74) is 7.69. The van der Waals surface area contributed by atoms with Crippen molar-refractivity contribution in [1.29, 1.82) is 0 Å². The quantitative estimate of drug-likeness (QED) is 0.389. The van der Waals surface area contributed by atoms with Crippen LogP contribution in [0.5, 0.6) is 0 Å². The minimum absolute atomic E-state index is 0.148. The van der Waals surface area contributed by atoms with Crippen LogP contribution in [0.25, 0.3) is 10.2 Å². The maximum atomic E-state index is 12.1. The molecular formula is C19H20N4O2S2. The van der Waals surface area contributed by atoms with Gasteiger partial charge in [-0.05, 0) is 43.5 Å². The van der Waals surface area contributed by atoms with Crippen molar-refractivity contribution >= 4 is 45.1 Å². The summed E-state index contributed by atoms with van der Waals surface area (Å²) < 4.78 is 0. The number of carbonyl (C=O) groups excluding carboxylic acids is 2. The highest BCUT2D eigenvalue weighted by Gasteiger charge is 2.14. The van der Waals surface area contributed by atoms with E-state index in [-0.39, 0.29) is 17.6 Å². The van der Waals surface area contributed by atoms with E-state index in [0.29, 0.717) is 5.56 Å². The molecule has 2 amide bonds. The lowest BCUT2D eigenvalue weighted by Crippen LogP contribution is -2.42. The average molecular weight is 401 g/mol. The molecule has 0 atom stereocenters. The van der Waals surface area contributed by atoms with Crippen molar-refractivity contribution in [2.75, 3.05) is 5.75 Å². The molecule has 0 aliphatic carbocycles. The molecule has 2 N–H and O–H groups in total. The third kappa shape index (κ3) is 4.45. The number of aromatic nitrogens is 2. The third-order valence-corrected chi connectivity index (χ3v) is 6.32. The number of amides is 2. The number of fused-ring (bicyclic) bond motifs is 1. The Labute approximate surface area is 165 Å². The van der Waals surface area contributed by atoms with Crippen LogP contribution < -0.4 is 10.9 Å². The van der Waals surface area contributed by atoms with E-state index in [0.717, 1.165) is 32.8 Å². The fraction of sp³-hybridized carbons (Fsp3) is 0.263. The SMILES string of the molecule is CCc1ccc(C(=O)NNC(=O)CSc2ncnc3sc(C)c(C)c23)cc1. The molecule has 1 aromatic carbocycles. The lowest BCUT2D eigenvalue weighted by molar-refractivity contribution is -0.119. The Kier molecular flexibility index (Phi) is 6.08. The van der Waals surface area contributed by atoms with Gasteiger partial charge in [-0.25, -0.2) is 9.97 Å². The van der Waals surface area contributed by atoms with E-state index >= 15 is 0 Å². The van der Waals surface area contributed by atoms with Crippen LogP contribution in [-0.4, -0.2) is 27.5 Å². The number of nitrogens with one attached hydrogen (secondary N) is 2. The van der Waals surface area contributed by atoms with Crippen LogP contribution >= 0.6 is 23.1 Å². The van der Waals surface area contributed by atoms with Gasteiger partial charge in [-0.2, -0.15) is 0 Å². The molecule has 0 fully saturated rings. The molecule has 0 radical (unpaired) electrons. The highest BCUT2D eigenvalue weighted by molar-refractivity contribution is 8.00. The summed E-state index contributed by atoms with van der Waals surface area (Å²) in [5.74, 6) is -0.491. The van der Waals surface area contributed by atoms with Gasteiger partial charge in [0, 0.05) is 15.8 Å². The van der Waals surface area contributed by atoms with Gasteiger partial charge in [0.1, 0.15) is 16.2 Å². The lowest BCUT2D eigenvalue weighted by Gasteiger charge is -2.08. The standard InChI is InChI=1S/C19H20N4O2S2/c1-4-13-5-7-14(8-6-13)17(25)23-22-15(24)9-26-18-16-11(2)12(3)27-19(16)21-10-20-18/h5-8,10H,4,9H2,1-3H3,(H,22,24)(H,23,25). The Bertz CT molecular complexity index is 983. The van der Waals surface area contributed by atoms with Crippen molar-refractivity contribution in [2.45, 2.75) is 32.2 Å². The van der Waals surface area contributed by atoms with Crippen LogP contribution in [0.1, 0.15) is 33.3 Å². The second-order valence-electron chi connectivity index (χ2n) is 5.98. The first kappa shape index (κ1) is 19.3. The first-order valence-corrected chi connectivity index (χ1v) is 10.3. The van der Waals surface area contributed by atoms with Crippen molar-refractivity contribution in [3.8, 4) is 0 Å². The Morgan fingerprint density at radius 2 is 1.85 bits per heavy atom. The zero-order valence-corrected chi connectivity index (χ0v) is 17.0. The predicted octanol–water partition coefficient (Wildman–Crippen LogP) is 3.42. The van der Waals surface area contributed by atoms with Gasteiger partial charge < -0.3 is 0 Å². The first-order valence-electron chi connectivity index (χ1n) is 8.51. The van der Waals surface area contributed by atoms with Crippen molar-refractivity contribution in [3.63, 3.8) is 0 Å². The van der Waals surface area contributed by atoms with Gasteiger partial charge in [0.2, 0.25) is 5.91 Å². The summed E-state index contributed by atoms with van der Waals surface area (Å²) in [4.78, 5) is 34.9. The molecule has 6 nitrogen and oxygen atoms in total. The summed E-state index contributed by atoms with van der Waals surface area (Å²) in [5, 5.41) is 1.77. The van der Waals surface area contributed by atoms with Crippen LogP contribution in [0.2, 0.25) is 0 Å². The van der Waals surface area contributed by atoms with E-state index in [1.165, 1.54) is 23.0 Å². The van der Waals surface area contributed by atoms with E-state index in [2.05, 4.69) is 27.7 Å². The van der Waals surface area contributed by atoms with Crippen molar-refractivity contribution in [2.24, 2.45) is 0 Å². The second kappa shape index (κ2) is 8.49. The second-order valence-corrected chi connectivity index (χ2v) is 8.15. The van der Waals surface area contributed by atoms with E-state index < -0.39 is 0 Å². The highest BCUT2D eigenvalue weighted by Crippen LogP contribution is 2.34. The fourth-order valence-electron chi connectivity index (χ4n) is 2.52. The fourth-order valence-corrected chi connectivity index (χ4v) is 4.44. The molecule has 0 bridgehead atoms. The van der Waals surface area contributed by atoms with Crippen molar-refractivity contribution in [1.82, 2.24) is 20.8 Å². The molecule has 2 aromatic heterocycles. The molecular weight excluding hydrogens is 380 g/mol. The van der Waals surface area contributed by atoms with Gasteiger partial charge in [-0.15, -0.1) is 11.3 Å². The Hall–Kier alpha value is -2.45. The van der Waals surface area contributed by atoms with Gasteiger partial charge >= 0.3 is 0 Å². The summed E-state index contributed by atoms with van der Waals surface area (Å²) in [7, 11) is 0. The molecule has 27 heavy (non-hydrogen) atoms. The van der Waals surface area contributed by atoms with Crippen LogP contribution in [0.3, 0.4) is 0 Å². The Morgan fingerprint density at radius 3 is 2.56 bits per heavy atom. The molecule has 0 saturated heterocycles. The molecule has 140 valence electrons.